The fraction of sp³-hybridized carbons (Fsp3) is 0.682. The smallest absolute Gasteiger partial charge is 0.194 e. The van der Waals surface area contributed by atoms with Crippen molar-refractivity contribution in [2.24, 2.45) is 4.99 Å². The Bertz CT molecular complexity index is 663. The average Bonchev–Trinajstić information content (AvgIpc) is 2.79. The quantitative estimate of drug-likeness (QED) is 0.297. The van der Waals surface area contributed by atoms with Crippen LogP contribution in [0.15, 0.2) is 29.3 Å². The Labute approximate surface area is 208 Å². The highest BCUT2D eigenvalue weighted by atomic mass is 127. The van der Waals surface area contributed by atoms with Crippen LogP contribution >= 0.6 is 35.6 Å². The van der Waals surface area contributed by atoms with Gasteiger partial charge in [0.25, 0.3) is 0 Å². The number of hydrogen-bond acceptors (Lipinski definition) is 5. The van der Waals surface area contributed by atoms with Gasteiger partial charge in [0.2, 0.25) is 0 Å². The lowest BCUT2D eigenvalue weighted by atomic mass is 9.94. The first-order valence-corrected chi connectivity index (χ1v) is 11.3. The Hall–Kier alpha value is -0.810. The molecule has 0 bridgehead atoms. The number of ether oxygens (including phenoxy) is 3. The number of methoxy groups -OCH3 is 1. The Balaban J connectivity index is 0.00000341. The van der Waals surface area contributed by atoms with Crippen molar-refractivity contribution in [1.29, 1.82) is 0 Å². The van der Waals surface area contributed by atoms with Gasteiger partial charge in [-0.2, -0.15) is 0 Å². The monoisotopic (exact) mass is 566 g/mol. The number of rotatable bonds is 8. The molecule has 1 N–H and O–H groups in total. The molecule has 9 heteroatoms. The molecule has 1 aromatic carbocycles. The summed E-state index contributed by atoms with van der Waals surface area (Å²) in [5.41, 5.74) is -0.195. The average molecular weight is 567 g/mol. The van der Waals surface area contributed by atoms with Crippen molar-refractivity contribution in [3.63, 3.8) is 0 Å². The van der Waals surface area contributed by atoms with Gasteiger partial charge in [-0.15, -0.1) is 24.0 Å². The summed E-state index contributed by atoms with van der Waals surface area (Å²) in [6.45, 7) is 10.6. The summed E-state index contributed by atoms with van der Waals surface area (Å²) in [5, 5.41) is 4.18. The molecule has 0 spiro atoms. The second-order valence-corrected chi connectivity index (χ2v) is 8.24. The minimum atomic E-state index is -0.195. The van der Waals surface area contributed by atoms with Gasteiger partial charge in [-0.3, -0.25) is 9.89 Å². The van der Waals surface area contributed by atoms with E-state index in [4.69, 9.17) is 30.8 Å². The molecular formula is C22H36ClIN4O3. The van der Waals surface area contributed by atoms with Crippen LogP contribution in [0.3, 0.4) is 0 Å². The number of aliphatic imine (C=N–C) groups is 1. The number of guanidine groups is 1. The van der Waals surface area contributed by atoms with Gasteiger partial charge in [0.15, 0.2) is 5.96 Å². The third-order valence-electron chi connectivity index (χ3n) is 5.85. The molecule has 2 aliphatic rings. The number of benzene rings is 1. The zero-order valence-corrected chi connectivity index (χ0v) is 21.7. The van der Waals surface area contributed by atoms with E-state index in [1.54, 1.807) is 7.11 Å². The van der Waals surface area contributed by atoms with E-state index in [2.05, 4.69) is 22.0 Å². The maximum absolute atomic E-state index is 5.92. The molecule has 2 fully saturated rings. The summed E-state index contributed by atoms with van der Waals surface area (Å²) in [7, 11) is 1.79. The first-order chi connectivity index (χ1) is 14.6. The van der Waals surface area contributed by atoms with Gasteiger partial charge in [-0.05, 0) is 31.2 Å². The highest BCUT2D eigenvalue weighted by molar-refractivity contribution is 14.0. The van der Waals surface area contributed by atoms with Crippen molar-refractivity contribution in [3.8, 4) is 5.75 Å². The second kappa shape index (κ2) is 13.7. The molecule has 2 aliphatic heterocycles. The van der Waals surface area contributed by atoms with Gasteiger partial charge < -0.3 is 24.4 Å². The lowest BCUT2D eigenvalue weighted by molar-refractivity contribution is -0.0829. The predicted octanol–water partition coefficient (Wildman–Crippen LogP) is 3.12. The molecule has 31 heavy (non-hydrogen) atoms. The third kappa shape index (κ3) is 8.24. The zero-order chi connectivity index (χ0) is 21.2. The normalized spacial score (nSPS) is 19.6. The molecule has 3 rings (SSSR count). The number of halogens is 2. The highest BCUT2D eigenvalue weighted by Crippen LogP contribution is 2.25. The van der Waals surface area contributed by atoms with Crippen LogP contribution < -0.4 is 10.1 Å². The number of nitrogens with zero attached hydrogens (tertiary/aromatic N) is 3. The molecule has 2 heterocycles. The molecule has 0 atom stereocenters. The Kier molecular flexibility index (Phi) is 11.7. The van der Waals surface area contributed by atoms with Crippen molar-refractivity contribution in [2.45, 2.75) is 25.4 Å². The van der Waals surface area contributed by atoms with Gasteiger partial charge in [0, 0.05) is 77.5 Å². The molecule has 176 valence electrons. The van der Waals surface area contributed by atoms with E-state index in [1.165, 1.54) is 0 Å². The van der Waals surface area contributed by atoms with Crippen LogP contribution in [0.1, 0.15) is 19.8 Å². The van der Waals surface area contributed by atoms with Crippen LogP contribution in [0, 0.1) is 0 Å². The van der Waals surface area contributed by atoms with Crippen molar-refractivity contribution in [1.82, 2.24) is 15.1 Å². The van der Waals surface area contributed by atoms with Crippen molar-refractivity contribution < 1.29 is 14.2 Å². The van der Waals surface area contributed by atoms with Crippen molar-refractivity contribution in [3.05, 3.63) is 29.3 Å². The molecule has 0 amide bonds. The van der Waals surface area contributed by atoms with Crippen LogP contribution in [0.2, 0.25) is 5.02 Å². The van der Waals surface area contributed by atoms with E-state index in [1.807, 2.05) is 24.3 Å². The van der Waals surface area contributed by atoms with Crippen molar-refractivity contribution >= 4 is 41.5 Å². The van der Waals surface area contributed by atoms with E-state index in [0.29, 0.717) is 13.2 Å². The van der Waals surface area contributed by atoms with Crippen LogP contribution in [0.5, 0.6) is 5.75 Å². The number of nitrogens with one attached hydrogen (secondary N) is 1. The second-order valence-electron chi connectivity index (χ2n) is 7.80. The molecule has 0 radical (unpaired) electrons. The Morgan fingerprint density at radius 1 is 1.16 bits per heavy atom. The molecule has 0 aromatic heterocycles. The largest absolute Gasteiger partial charge is 0.492 e. The molecular weight excluding hydrogens is 531 g/mol. The first-order valence-electron chi connectivity index (χ1n) is 10.9. The third-order valence-corrected chi connectivity index (χ3v) is 6.10. The van der Waals surface area contributed by atoms with Crippen LogP contribution in [0.4, 0.5) is 0 Å². The summed E-state index contributed by atoms with van der Waals surface area (Å²) < 4.78 is 17.2. The van der Waals surface area contributed by atoms with Gasteiger partial charge in [-0.25, -0.2) is 0 Å². The van der Waals surface area contributed by atoms with Gasteiger partial charge in [0.05, 0.1) is 12.1 Å². The fourth-order valence-electron chi connectivity index (χ4n) is 3.82. The van der Waals surface area contributed by atoms with E-state index in [0.717, 1.165) is 82.1 Å². The maximum Gasteiger partial charge on any atom is 0.194 e. The van der Waals surface area contributed by atoms with Gasteiger partial charge in [0.1, 0.15) is 12.4 Å². The molecule has 7 nitrogen and oxygen atoms in total. The van der Waals surface area contributed by atoms with Crippen LogP contribution in [-0.4, -0.2) is 94.1 Å². The predicted molar refractivity (Wildman–Crippen MR) is 136 cm³/mol. The molecule has 0 unspecified atom stereocenters. The van der Waals surface area contributed by atoms with Gasteiger partial charge >= 0.3 is 0 Å². The maximum atomic E-state index is 5.92. The van der Waals surface area contributed by atoms with E-state index >= 15 is 0 Å². The topological polar surface area (TPSA) is 58.6 Å². The van der Waals surface area contributed by atoms with E-state index < -0.39 is 0 Å². The lowest BCUT2D eigenvalue weighted by Crippen LogP contribution is -2.53. The Morgan fingerprint density at radius 3 is 2.45 bits per heavy atom. The summed E-state index contributed by atoms with van der Waals surface area (Å²) >= 11 is 5.92. The summed E-state index contributed by atoms with van der Waals surface area (Å²) in [6, 6.07) is 7.52. The number of hydrogen-bond donors (Lipinski definition) is 1. The van der Waals surface area contributed by atoms with Crippen molar-refractivity contribution in [2.75, 3.05) is 72.7 Å². The lowest BCUT2D eigenvalue weighted by Gasteiger charge is -2.38. The van der Waals surface area contributed by atoms with E-state index in [9.17, 15) is 0 Å². The zero-order valence-electron chi connectivity index (χ0n) is 18.6. The SMILES string of the molecule is CCNC(=NCC1(OC)CCOCC1)N1CCN(CCOc2ccc(Cl)cc2)CC1.I. The molecule has 2 saturated heterocycles. The molecule has 0 saturated carbocycles. The first kappa shape index (κ1) is 26.4. The summed E-state index contributed by atoms with van der Waals surface area (Å²) in [4.78, 5) is 9.72. The number of piperazine rings is 1. The summed E-state index contributed by atoms with van der Waals surface area (Å²) in [5.74, 6) is 1.84. The molecule has 1 aromatic rings. The Morgan fingerprint density at radius 2 is 1.84 bits per heavy atom. The fourth-order valence-corrected chi connectivity index (χ4v) is 3.95. The minimum Gasteiger partial charge on any atom is -0.492 e. The van der Waals surface area contributed by atoms with Gasteiger partial charge in [-0.1, -0.05) is 11.6 Å². The van der Waals surface area contributed by atoms with Crippen LogP contribution in [0.25, 0.3) is 0 Å². The van der Waals surface area contributed by atoms with Crippen LogP contribution in [-0.2, 0) is 9.47 Å². The van der Waals surface area contributed by atoms with E-state index in [-0.39, 0.29) is 29.6 Å². The summed E-state index contributed by atoms with van der Waals surface area (Å²) in [6.07, 6.45) is 1.79. The molecule has 0 aliphatic carbocycles. The standard InChI is InChI=1S/C22H35ClN4O3.HI/c1-3-24-21(25-18-22(28-2)8-15-29-16-9-22)27-12-10-26(11-13-27)14-17-30-20-6-4-19(23)5-7-20;/h4-7H,3,8-18H2,1-2H3,(H,24,25);1H. The minimum absolute atomic E-state index is 0. The highest BCUT2D eigenvalue weighted by Gasteiger charge is 2.32.